The first kappa shape index (κ1) is 8.53. The van der Waals surface area contributed by atoms with Crippen molar-refractivity contribution in [2.75, 3.05) is 19.6 Å². The second kappa shape index (κ2) is 3.72. The van der Waals surface area contributed by atoms with E-state index in [-0.39, 0.29) is 5.91 Å². The molecule has 1 aliphatic rings. The lowest BCUT2D eigenvalue weighted by Crippen LogP contribution is -2.37. The van der Waals surface area contributed by atoms with Crippen LogP contribution in [0, 0.1) is 0 Å². The molecule has 0 bridgehead atoms. The first-order valence-corrected chi connectivity index (χ1v) is 4.22. The van der Waals surface area contributed by atoms with Crippen molar-refractivity contribution in [3.05, 3.63) is 0 Å². The third kappa shape index (κ3) is 2.19. The highest BCUT2D eigenvalue weighted by Gasteiger charge is 2.17. The molecule has 1 aliphatic heterocycles. The van der Waals surface area contributed by atoms with Crippen LogP contribution in [0.1, 0.15) is 20.3 Å². The van der Waals surface area contributed by atoms with Gasteiger partial charge in [-0.2, -0.15) is 0 Å². The van der Waals surface area contributed by atoms with Gasteiger partial charge in [-0.3, -0.25) is 4.79 Å². The Hall–Kier alpha value is -0.570. The summed E-state index contributed by atoms with van der Waals surface area (Å²) >= 11 is 0. The van der Waals surface area contributed by atoms with E-state index in [0.717, 1.165) is 19.6 Å². The molecule has 1 fully saturated rings. The lowest BCUT2D eigenvalue weighted by molar-refractivity contribution is -0.131. The summed E-state index contributed by atoms with van der Waals surface area (Å²) in [5.74, 6) is 0.282. The van der Waals surface area contributed by atoms with Crippen molar-refractivity contribution in [3.63, 3.8) is 0 Å². The van der Waals surface area contributed by atoms with Crippen molar-refractivity contribution < 1.29 is 4.79 Å². The van der Waals surface area contributed by atoms with Gasteiger partial charge in [-0.25, -0.2) is 0 Å². The Morgan fingerprint density at radius 3 is 2.82 bits per heavy atom. The second-order valence-corrected chi connectivity index (χ2v) is 3.18. The Morgan fingerprint density at radius 2 is 2.18 bits per heavy atom. The highest BCUT2D eigenvalue weighted by Crippen LogP contribution is 2.02. The Balaban J connectivity index is 2.52. The van der Waals surface area contributed by atoms with Crippen LogP contribution in [0.25, 0.3) is 0 Å². The minimum Gasteiger partial charge on any atom is -0.339 e. The predicted molar refractivity (Wildman–Crippen MR) is 44.3 cm³/mol. The van der Waals surface area contributed by atoms with Crippen LogP contribution < -0.4 is 5.32 Å². The van der Waals surface area contributed by atoms with Crippen molar-refractivity contribution in [1.82, 2.24) is 10.2 Å². The molecule has 0 saturated carbocycles. The third-order valence-corrected chi connectivity index (χ3v) is 1.99. The van der Waals surface area contributed by atoms with Crippen LogP contribution in [0.15, 0.2) is 0 Å². The van der Waals surface area contributed by atoms with Gasteiger partial charge in [0.05, 0.1) is 0 Å². The molecule has 3 nitrogen and oxygen atoms in total. The summed E-state index contributed by atoms with van der Waals surface area (Å²) in [6.45, 7) is 6.74. The maximum Gasteiger partial charge on any atom is 0.224 e. The zero-order chi connectivity index (χ0) is 8.27. The Labute approximate surface area is 67.8 Å². The number of amides is 1. The van der Waals surface area contributed by atoms with Crippen LogP contribution in [0.3, 0.4) is 0 Å². The molecule has 1 rings (SSSR count). The van der Waals surface area contributed by atoms with Gasteiger partial charge in [0.1, 0.15) is 0 Å². The van der Waals surface area contributed by atoms with Crippen molar-refractivity contribution >= 4 is 5.91 Å². The van der Waals surface area contributed by atoms with E-state index in [4.69, 9.17) is 0 Å². The van der Waals surface area contributed by atoms with Crippen LogP contribution in [0.4, 0.5) is 0 Å². The maximum atomic E-state index is 11.3. The number of hydrogen-bond donors (Lipinski definition) is 1. The van der Waals surface area contributed by atoms with Gasteiger partial charge >= 0.3 is 0 Å². The van der Waals surface area contributed by atoms with Crippen LogP contribution in [0.5, 0.6) is 0 Å². The van der Waals surface area contributed by atoms with Crippen molar-refractivity contribution in [2.45, 2.75) is 26.3 Å². The molecular formula is C8H16N2O. The van der Waals surface area contributed by atoms with E-state index in [2.05, 4.69) is 19.2 Å². The Morgan fingerprint density at radius 1 is 1.45 bits per heavy atom. The molecule has 11 heavy (non-hydrogen) atoms. The van der Waals surface area contributed by atoms with E-state index in [1.807, 2.05) is 4.90 Å². The van der Waals surface area contributed by atoms with Gasteiger partial charge in [-0.1, -0.05) is 0 Å². The SMILES string of the molecule is CC(C)N1CCNCCC1=O. The smallest absolute Gasteiger partial charge is 0.224 e. The zero-order valence-corrected chi connectivity index (χ0v) is 7.26. The summed E-state index contributed by atoms with van der Waals surface area (Å²) in [6, 6.07) is 0.349. The van der Waals surface area contributed by atoms with Gasteiger partial charge in [0.15, 0.2) is 0 Å². The standard InChI is InChI=1S/C8H16N2O/c1-7(2)10-6-5-9-4-3-8(10)11/h7,9H,3-6H2,1-2H3. The van der Waals surface area contributed by atoms with Crippen LogP contribution in [-0.2, 0) is 4.79 Å². The summed E-state index contributed by atoms with van der Waals surface area (Å²) in [5, 5.41) is 3.20. The normalized spacial score (nSPS) is 20.6. The van der Waals surface area contributed by atoms with Crippen LogP contribution >= 0.6 is 0 Å². The lowest BCUT2D eigenvalue weighted by Gasteiger charge is -2.24. The highest BCUT2D eigenvalue weighted by molar-refractivity contribution is 5.76. The van der Waals surface area contributed by atoms with Crippen molar-refractivity contribution in [3.8, 4) is 0 Å². The zero-order valence-electron chi connectivity index (χ0n) is 7.26. The molecule has 1 saturated heterocycles. The lowest BCUT2D eigenvalue weighted by atomic mass is 10.3. The molecule has 64 valence electrons. The summed E-state index contributed by atoms with van der Waals surface area (Å²) in [7, 11) is 0. The quantitative estimate of drug-likeness (QED) is 0.589. The largest absolute Gasteiger partial charge is 0.339 e. The molecule has 3 heteroatoms. The van der Waals surface area contributed by atoms with E-state index in [1.54, 1.807) is 0 Å². The first-order valence-electron chi connectivity index (χ1n) is 4.22. The molecular weight excluding hydrogens is 140 g/mol. The van der Waals surface area contributed by atoms with E-state index in [0.29, 0.717) is 12.5 Å². The highest BCUT2D eigenvalue weighted by atomic mass is 16.2. The third-order valence-electron chi connectivity index (χ3n) is 1.99. The second-order valence-electron chi connectivity index (χ2n) is 3.18. The van der Waals surface area contributed by atoms with Gasteiger partial charge < -0.3 is 10.2 Å². The van der Waals surface area contributed by atoms with Crippen molar-refractivity contribution in [2.24, 2.45) is 0 Å². The van der Waals surface area contributed by atoms with Gasteiger partial charge in [0.25, 0.3) is 0 Å². The number of nitrogens with zero attached hydrogens (tertiary/aromatic N) is 1. The fourth-order valence-electron chi connectivity index (χ4n) is 1.33. The fourth-order valence-corrected chi connectivity index (χ4v) is 1.33. The molecule has 0 radical (unpaired) electrons. The van der Waals surface area contributed by atoms with Crippen LogP contribution in [0.2, 0.25) is 0 Å². The monoisotopic (exact) mass is 156 g/mol. The first-order chi connectivity index (χ1) is 5.22. The van der Waals surface area contributed by atoms with Gasteiger partial charge in [0, 0.05) is 32.1 Å². The van der Waals surface area contributed by atoms with E-state index in [1.165, 1.54) is 0 Å². The van der Waals surface area contributed by atoms with Gasteiger partial charge in [0.2, 0.25) is 5.91 Å². The van der Waals surface area contributed by atoms with Gasteiger partial charge in [-0.15, -0.1) is 0 Å². The molecule has 1 amide bonds. The molecule has 0 aromatic heterocycles. The number of carbonyl (C=O) groups is 1. The maximum absolute atomic E-state index is 11.3. The van der Waals surface area contributed by atoms with E-state index in [9.17, 15) is 4.79 Å². The minimum absolute atomic E-state index is 0.282. The molecule has 0 aromatic rings. The summed E-state index contributed by atoms with van der Waals surface area (Å²) < 4.78 is 0. The molecule has 0 unspecified atom stereocenters. The molecule has 0 aromatic carbocycles. The number of nitrogens with one attached hydrogen (secondary N) is 1. The fraction of sp³-hybridized carbons (Fsp3) is 0.875. The minimum atomic E-state index is 0.282. The molecule has 1 heterocycles. The number of carbonyl (C=O) groups excluding carboxylic acids is 1. The van der Waals surface area contributed by atoms with E-state index < -0.39 is 0 Å². The summed E-state index contributed by atoms with van der Waals surface area (Å²) in [6.07, 6.45) is 0.651. The summed E-state index contributed by atoms with van der Waals surface area (Å²) in [4.78, 5) is 13.3. The average Bonchev–Trinajstić information content (AvgIpc) is 2.13. The Bertz CT molecular complexity index is 145. The molecule has 0 atom stereocenters. The number of hydrogen-bond acceptors (Lipinski definition) is 2. The molecule has 0 spiro atoms. The van der Waals surface area contributed by atoms with Crippen molar-refractivity contribution in [1.29, 1.82) is 0 Å². The number of rotatable bonds is 1. The van der Waals surface area contributed by atoms with Gasteiger partial charge in [-0.05, 0) is 13.8 Å². The average molecular weight is 156 g/mol. The summed E-state index contributed by atoms with van der Waals surface area (Å²) in [5.41, 5.74) is 0. The van der Waals surface area contributed by atoms with Crippen LogP contribution in [-0.4, -0.2) is 36.5 Å². The molecule has 0 aliphatic carbocycles. The van der Waals surface area contributed by atoms with E-state index >= 15 is 0 Å². The topological polar surface area (TPSA) is 32.3 Å². The Kier molecular flexibility index (Phi) is 2.88. The molecule has 1 N–H and O–H groups in total. The predicted octanol–water partition coefficient (Wildman–Crippen LogP) is 0.217.